The molecule has 0 aromatic heterocycles. The molecule has 0 bridgehead atoms. The second-order valence-electron chi connectivity index (χ2n) is 6.57. The number of alkyl halides is 3. The number of halogens is 3. The van der Waals surface area contributed by atoms with E-state index in [4.69, 9.17) is 0 Å². The number of sulfonamides is 1. The first-order chi connectivity index (χ1) is 14.5. The zero-order valence-corrected chi connectivity index (χ0v) is 16.6. The Hall–Kier alpha value is -3.25. The molecule has 12 heteroatoms. The smallest absolute Gasteiger partial charge is 0.326 e. The fourth-order valence-electron chi connectivity index (χ4n) is 2.86. The third-order valence-corrected chi connectivity index (χ3v) is 5.77. The summed E-state index contributed by atoms with van der Waals surface area (Å²) in [5.74, 6) is -1.52. The molecule has 164 valence electrons. The molecule has 0 atom stereocenters. The topological polar surface area (TPSA) is 113 Å². The van der Waals surface area contributed by atoms with E-state index in [0.717, 1.165) is 17.0 Å². The molecule has 0 fully saturated rings. The van der Waals surface area contributed by atoms with E-state index >= 15 is 0 Å². The van der Waals surface area contributed by atoms with Crippen LogP contribution in [-0.2, 0) is 14.8 Å². The van der Waals surface area contributed by atoms with E-state index in [1.54, 1.807) is 12.1 Å². The summed E-state index contributed by atoms with van der Waals surface area (Å²) in [5, 5.41) is 2.47. The van der Waals surface area contributed by atoms with E-state index in [2.05, 4.69) is 5.32 Å². The van der Waals surface area contributed by atoms with Crippen molar-refractivity contribution < 1.29 is 36.0 Å². The Balaban J connectivity index is 1.56. The van der Waals surface area contributed by atoms with Crippen molar-refractivity contribution in [3.05, 3.63) is 59.7 Å². The quantitative estimate of drug-likeness (QED) is 0.622. The van der Waals surface area contributed by atoms with Crippen LogP contribution in [0.3, 0.4) is 0 Å². The van der Waals surface area contributed by atoms with Gasteiger partial charge in [0.15, 0.2) is 0 Å². The Morgan fingerprint density at radius 3 is 2.00 bits per heavy atom. The van der Waals surface area contributed by atoms with Crippen LogP contribution in [0.15, 0.2) is 53.4 Å². The van der Waals surface area contributed by atoms with Gasteiger partial charge in [-0.05, 0) is 36.4 Å². The molecule has 1 aliphatic rings. The molecule has 2 aromatic rings. The summed E-state index contributed by atoms with van der Waals surface area (Å²) in [4.78, 5) is 37.2. The number of amides is 3. The lowest BCUT2D eigenvalue weighted by Gasteiger charge is -2.14. The molecule has 3 rings (SSSR count). The van der Waals surface area contributed by atoms with Crippen molar-refractivity contribution in [2.24, 2.45) is 0 Å². The minimum Gasteiger partial charge on any atom is -0.326 e. The maximum atomic E-state index is 12.3. The van der Waals surface area contributed by atoms with Gasteiger partial charge in [0, 0.05) is 18.7 Å². The normalized spacial score (nSPS) is 14.0. The number of carbonyl (C=O) groups is 3. The molecule has 2 N–H and O–H groups in total. The molecule has 31 heavy (non-hydrogen) atoms. The molecule has 3 amide bonds. The Morgan fingerprint density at radius 1 is 0.935 bits per heavy atom. The maximum absolute atomic E-state index is 12.3. The van der Waals surface area contributed by atoms with Crippen molar-refractivity contribution in [1.29, 1.82) is 0 Å². The SMILES string of the molecule is O=C(CCN1C(=O)c2ccccc2C1=O)Nc1ccc(S(=O)(=O)NCC(F)(F)F)cc1. The lowest BCUT2D eigenvalue weighted by molar-refractivity contribution is -0.121. The fraction of sp³-hybridized carbons (Fsp3) is 0.211. The molecule has 1 heterocycles. The maximum Gasteiger partial charge on any atom is 0.402 e. The summed E-state index contributed by atoms with van der Waals surface area (Å²) in [6.45, 7) is -1.85. The van der Waals surface area contributed by atoms with Gasteiger partial charge in [0.1, 0.15) is 6.54 Å². The Morgan fingerprint density at radius 2 is 1.48 bits per heavy atom. The number of nitrogens with zero attached hydrogens (tertiary/aromatic N) is 1. The van der Waals surface area contributed by atoms with Crippen molar-refractivity contribution in [2.75, 3.05) is 18.4 Å². The summed E-state index contributed by atoms with van der Waals surface area (Å²) in [7, 11) is -4.36. The van der Waals surface area contributed by atoms with Crippen LogP contribution >= 0.6 is 0 Å². The van der Waals surface area contributed by atoms with E-state index in [0.29, 0.717) is 0 Å². The van der Waals surface area contributed by atoms with Gasteiger partial charge in [0.05, 0.1) is 16.0 Å². The number of hydrogen-bond donors (Lipinski definition) is 2. The number of anilines is 1. The van der Waals surface area contributed by atoms with Crippen LogP contribution in [0.2, 0.25) is 0 Å². The largest absolute Gasteiger partial charge is 0.402 e. The predicted molar refractivity (Wildman–Crippen MR) is 103 cm³/mol. The molecule has 0 unspecified atom stereocenters. The molecule has 1 aliphatic heterocycles. The lowest BCUT2D eigenvalue weighted by Crippen LogP contribution is -2.33. The third kappa shape index (κ3) is 5.27. The third-order valence-electron chi connectivity index (χ3n) is 4.35. The van der Waals surface area contributed by atoms with E-state index in [9.17, 15) is 36.0 Å². The zero-order valence-electron chi connectivity index (χ0n) is 15.8. The summed E-state index contributed by atoms with van der Waals surface area (Å²) in [6, 6.07) is 10.8. The summed E-state index contributed by atoms with van der Waals surface area (Å²) in [6.07, 6.45) is -4.89. The van der Waals surface area contributed by atoms with E-state index in [-0.39, 0.29) is 29.8 Å². The predicted octanol–water partition coefficient (Wildman–Crippen LogP) is 2.15. The number of hydrogen-bond acceptors (Lipinski definition) is 5. The van der Waals surface area contributed by atoms with Gasteiger partial charge in [-0.1, -0.05) is 12.1 Å². The highest BCUT2D eigenvalue weighted by Crippen LogP contribution is 2.22. The number of carbonyl (C=O) groups excluding carboxylic acids is 3. The van der Waals surface area contributed by atoms with Crippen molar-refractivity contribution in [3.63, 3.8) is 0 Å². The second-order valence-corrected chi connectivity index (χ2v) is 8.34. The van der Waals surface area contributed by atoms with Gasteiger partial charge >= 0.3 is 6.18 Å². The zero-order chi connectivity index (χ0) is 22.8. The minimum atomic E-state index is -4.69. The summed E-state index contributed by atoms with van der Waals surface area (Å²) >= 11 is 0. The van der Waals surface area contributed by atoms with E-state index in [1.807, 2.05) is 0 Å². The first-order valence-electron chi connectivity index (χ1n) is 8.89. The standard InChI is InChI=1S/C19H16F3N3O5S/c20-19(21,22)11-23-31(29,30)13-7-5-12(6-8-13)24-16(26)9-10-25-17(27)14-3-1-2-4-15(14)18(25)28/h1-8,23H,9-11H2,(H,24,26). The molecule has 0 aliphatic carbocycles. The van der Waals surface area contributed by atoms with E-state index in [1.165, 1.54) is 29.0 Å². The van der Waals surface area contributed by atoms with Crippen LogP contribution in [0, 0.1) is 0 Å². The van der Waals surface area contributed by atoms with Gasteiger partial charge in [-0.3, -0.25) is 19.3 Å². The van der Waals surface area contributed by atoms with Gasteiger partial charge in [-0.25, -0.2) is 13.1 Å². The molecule has 2 aromatic carbocycles. The lowest BCUT2D eigenvalue weighted by atomic mass is 10.1. The average Bonchev–Trinajstić information content (AvgIpc) is 2.95. The van der Waals surface area contributed by atoms with Gasteiger partial charge in [0.25, 0.3) is 11.8 Å². The van der Waals surface area contributed by atoms with Crippen LogP contribution in [0.4, 0.5) is 18.9 Å². The number of rotatable bonds is 7. The number of nitrogens with one attached hydrogen (secondary N) is 2. The summed E-state index contributed by atoms with van der Waals surface area (Å²) in [5.41, 5.74) is 0.731. The van der Waals surface area contributed by atoms with Crippen LogP contribution in [-0.4, -0.2) is 50.3 Å². The Bertz CT molecular complexity index is 1100. The highest BCUT2D eigenvalue weighted by Gasteiger charge is 2.35. The van der Waals surface area contributed by atoms with Gasteiger partial charge in [-0.15, -0.1) is 0 Å². The van der Waals surface area contributed by atoms with Crippen LogP contribution in [0.25, 0.3) is 0 Å². The van der Waals surface area contributed by atoms with Gasteiger partial charge in [-0.2, -0.15) is 13.2 Å². The van der Waals surface area contributed by atoms with Gasteiger partial charge in [0.2, 0.25) is 15.9 Å². The van der Waals surface area contributed by atoms with Crippen molar-refractivity contribution in [2.45, 2.75) is 17.5 Å². The number of benzene rings is 2. The van der Waals surface area contributed by atoms with Crippen LogP contribution in [0.5, 0.6) is 0 Å². The number of imide groups is 1. The van der Waals surface area contributed by atoms with E-state index < -0.39 is 45.4 Å². The minimum absolute atomic E-state index is 0.147. The molecule has 8 nitrogen and oxygen atoms in total. The second kappa shape index (κ2) is 8.47. The molecular formula is C19H16F3N3O5S. The van der Waals surface area contributed by atoms with Crippen LogP contribution in [0.1, 0.15) is 27.1 Å². The van der Waals surface area contributed by atoms with Crippen molar-refractivity contribution >= 4 is 33.4 Å². The first kappa shape index (κ1) is 22.4. The number of fused-ring (bicyclic) bond motifs is 1. The highest BCUT2D eigenvalue weighted by molar-refractivity contribution is 7.89. The highest BCUT2D eigenvalue weighted by atomic mass is 32.2. The Labute approximate surface area is 175 Å². The Kier molecular flexibility index (Phi) is 6.13. The molecule has 0 spiro atoms. The molecular weight excluding hydrogens is 439 g/mol. The molecule has 0 saturated carbocycles. The van der Waals surface area contributed by atoms with Crippen molar-refractivity contribution in [1.82, 2.24) is 9.62 Å². The van der Waals surface area contributed by atoms with Crippen molar-refractivity contribution in [3.8, 4) is 0 Å². The summed E-state index contributed by atoms with van der Waals surface area (Å²) < 4.78 is 61.7. The average molecular weight is 455 g/mol. The van der Waals surface area contributed by atoms with Crippen LogP contribution < -0.4 is 10.0 Å². The fourth-order valence-corrected chi connectivity index (χ4v) is 3.87. The molecule has 0 radical (unpaired) electrons. The molecule has 0 saturated heterocycles. The monoisotopic (exact) mass is 455 g/mol. The van der Waals surface area contributed by atoms with Gasteiger partial charge < -0.3 is 5.32 Å². The first-order valence-corrected chi connectivity index (χ1v) is 10.4.